The molecule has 5 nitrogen and oxygen atoms in total. The van der Waals surface area contributed by atoms with Gasteiger partial charge in [0.2, 0.25) is 0 Å². The van der Waals surface area contributed by atoms with Crippen molar-refractivity contribution in [3.05, 3.63) is 41.3 Å². The first-order chi connectivity index (χ1) is 11.5. The van der Waals surface area contributed by atoms with Crippen LogP contribution in [0, 0.1) is 12.7 Å². The number of fused-ring (bicyclic) bond motifs is 1. The van der Waals surface area contributed by atoms with Crippen molar-refractivity contribution < 1.29 is 13.9 Å². The average molecular weight is 347 g/mol. The molecule has 1 fully saturated rings. The van der Waals surface area contributed by atoms with Crippen molar-refractivity contribution >= 4 is 34.0 Å². The summed E-state index contributed by atoms with van der Waals surface area (Å²) in [6, 6.07) is 1.54. The van der Waals surface area contributed by atoms with Crippen LogP contribution in [0.25, 0.3) is 10.2 Å². The van der Waals surface area contributed by atoms with Crippen LogP contribution in [0.1, 0.15) is 29.9 Å². The topological polar surface area (TPSA) is 54.8 Å². The summed E-state index contributed by atoms with van der Waals surface area (Å²) in [5.41, 5.74) is 4.16. The van der Waals surface area contributed by atoms with Gasteiger partial charge in [0.05, 0.1) is 22.1 Å². The van der Waals surface area contributed by atoms with Crippen molar-refractivity contribution in [1.29, 1.82) is 0 Å². The molecule has 0 atom stereocenters. The van der Waals surface area contributed by atoms with E-state index in [-0.39, 0.29) is 17.8 Å². The predicted molar refractivity (Wildman–Crippen MR) is 93.0 cm³/mol. The quantitative estimate of drug-likeness (QED) is 0.614. The molecule has 126 valence electrons. The van der Waals surface area contributed by atoms with Gasteiger partial charge in [-0.25, -0.2) is 19.1 Å². The Hall–Kier alpha value is -2.28. The highest BCUT2D eigenvalue weighted by Gasteiger charge is 2.36. The highest BCUT2D eigenvalue weighted by molar-refractivity contribution is 7.16. The molecule has 0 saturated heterocycles. The number of ether oxygens (including phenoxy) is 1. The van der Waals surface area contributed by atoms with Gasteiger partial charge in [-0.15, -0.1) is 11.3 Å². The first kappa shape index (κ1) is 16.6. The van der Waals surface area contributed by atoms with Crippen LogP contribution in [0.4, 0.5) is 9.18 Å². The smallest absolute Gasteiger partial charge is 0.419 e. The summed E-state index contributed by atoms with van der Waals surface area (Å²) in [5, 5.41) is 0. The molecule has 0 spiro atoms. The number of amides is 1. The van der Waals surface area contributed by atoms with Crippen LogP contribution in [-0.2, 0) is 4.74 Å². The zero-order valence-corrected chi connectivity index (χ0v) is 14.3. The zero-order chi connectivity index (χ0) is 17.3. The van der Waals surface area contributed by atoms with E-state index < -0.39 is 6.09 Å². The highest BCUT2D eigenvalue weighted by Crippen LogP contribution is 2.44. The molecule has 3 rings (SSSR count). The first-order valence-electron chi connectivity index (χ1n) is 7.61. The Morgan fingerprint density at radius 2 is 2.33 bits per heavy atom. The van der Waals surface area contributed by atoms with Crippen LogP contribution in [-0.4, -0.2) is 35.5 Å². The molecule has 2 aromatic rings. The Labute approximate surface area is 143 Å². The van der Waals surface area contributed by atoms with Crippen LogP contribution < -0.4 is 0 Å². The molecule has 1 saturated carbocycles. The fraction of sp³-hybridized carbons (Fsp3) is 0.353. The van der Waals surface area contributed by atoms with E-state index in [4.69, 9.17) is 4.74 Å². The predicted octanol–water partition coefficient (Wildman–Crippen LogP) is 4.23. The van der Waals surface area contributed by atoms with Crippen LogP contribution in [0.5, 0.6) is 0 Å². The van der Waals surface area contributed by atoms with Crippen LogP contribution in [0.15, 0.2) is 29.3 Å². The molecule has 0 radical (unpaired) electrons. The molecule has 1 aromatic heterocycles. The summed E-state index contributed by atoms with van der Waals surface area (Å²) in [6.07, 6.45) is 3.33. The lowest BCUT2D eigenvalue weighted by molar-refractivity contribution is 0.0317. The summed E-state index contributed by atoms with van der Waals surface area (Å²) in [7, 11) is 1.56. The van der Waals surface area contributed by atoms with Gasteiger partial charge >= 0.3 is 6.09 Å². The molecule has 0 unspecified atom stereocenters. The normalized spacial score (nSPS) is 20.1. The maximum absolute atomic E-state index is 14.1. The third-order valence-electron chi connectivity index (χ3n) is 4.29. The number of nitrogens with zero attached hydrogens (tertiary/aromatic N) is 3. The van der Waals surface area contributed by atoms with Crippen molar-refractivity contribution in [3.8, 4) is 0 Å². The van der Waals surface area contributed by atoms with Crippen molar-refractivity contribution in [3.63, 3.8) is 0 Å². The zero-order valence-electron chi connectivity index (χ0n) is 13.5. The van der Waals surface area contributed by atoms with Gasteiger partial charge in [-0.1, -0.05) is 6.58 Å². The SMILES string of the molecule is C=CN(C=NC)C(=O)OC1CC(c2c(C)c(F)cc3scnc23)C1. The Bertz CT molecular complexity index is 812. The number of halogens is 1. The van der Waals surface area contributed by atoms with E-state index in [9.17, 15) is 9.18 Å². The molecule has 0 bridgehead atoms. The maximum Gasteiger partial charge on any atom is 0.419 e. The van der Waals surface area contributed by atoms with Crippen LogP contribution in [0.3, 0.4) is 0 Å². The summed E-state index contributed by atoms with van der Waals surface area (Å²) in [5.74, 6) is -0.0562. The van der Waals surface area contributed by atoms with Gasteiger partial charge in [0.25, 0.3) is 0 Å². The van der Waals surface area contributed by atoms with E-state index in [2.05, 4.69) is 16.6 Å². The third-order valence-corrected chi connectivity index (χ3v) is 5.06. The molecule has 7 heteroatoms. The fourth-order valence-corrected chi connectivity index (χ4v) is 3.70. The minimum Gasteiger partial charge on any atom is -0.446 e. The minimum atomic E-state index is -0.506. The first-order valence-corrected chi connectivity index (χ1v) is 8.49. The molecule has 24 heavy (non-hydrogen) atoms. The molecule has 1 aliphatic rings. The Morgan fingerprint density at radius 1 is 1.58 bits per heavy atom. The monoisotopic (exact) mass is 347 g/mol. The lowest BCUT2D eigenvalue weighted by Crippen LogP contribution is -2.36. The standard InChI is InChI=1S/C17H18FN3O2S/c1-4-21(8-19-3)17(22)23-12-5-11(6-12)15-10(2)13(18)7-14-16(15)20-9-24-14/h4,7-9,11-12H,1,5-6H2,2-3H3. The third kappa shape index (κ3) is 2.91. The van der Waals surface area contributed by atoms with E-state index in [1.807, 2.05) is 0 Å². The van der Waals surface area contributed by atoms with Gasteiger partial charge in [0, 0.05) is 13.2 Å². The molecule has 1 heterocycles. The molecule has 0 aliphatic heterocycles. The Balaban J connectivity index is 1.71. The number of thiazole rings is 1. The number of hydrogen-bond acceptors (Lipinski definition) is 5. The van der Waals surface area contributed by atoms with Crippen molar-refractivity contribution in [2.75, 3.05) is 7.05 Å². The molecular formula is C17H18FN3O2S. The lowest BCUT2D eigenvalue weighted by atomic mass is 9.75. The Morgan fingerprint density at radius 3 is 3.00 bits per heavy atom. The number of benzene rings is 1. The second kappa shape index (κ2) is 6.68. The van der Waals surface area contributed by atoms with E-state index in [0.717, 1.165) is 15.8 Å². The van der Waals surface area contributed by atoms with Gasteiger partial charge in [0.1, 0.15) is 11.9 Å². The summed E-state index contributed by atoms with van der Waals surface area (Å²) in [6.45, 7) is 5.33. The average Bonchev–Trinajstić information content (AvgIpc) is 2.97. The van der Waals surface area contributed by atoms with E-state index in [1.54, 1.807) is 19.5 Å². The van der Waals surface area contributed by atoms with Crippen LogP contribution in [0.2, 0.25) is 0 Å². The highest BCUT2D eigenvalue weighted by atomic mass is 32.1. The second-order valence-corrected chi connectivity index (χ2v) is 6.62. The number of carbonyl (C=O) groups is 1. The largest absolute Gasteiger partial charge is 0.446 e. The van der Waals surface area contributed by atoms with Gasteiger partial charge in [-0.2, -0.15) is 0 Å². The van der Waals surface area contributed by atoms with E-state index in [1.165, 1.54) is 34.8 Å². The van der Waals surface area contributed by atoms with Gasteiger partial charge in [-0.3, -0.25) is 4.99 Å². The van der Waals surface area contributed by atoms with Crippen molar-refractivity contribution in [1.82, 2.24) is 9.88 Å². The molecule has 1 aromatic carbocycles. The van der Waals surface area contributed by atoms with Gasteiger partial charge < -0.3 is 4.74 Å². The van der Waals surface area contributed by atoms with Crippen molar-refractivity contribution in [2.24, 2.45) is 4.99 Å². The number of aromatic nitrogens is 1. The molecule has 1 amide bonds. The second-order valence-electron chi connectivity index (χ2n) is 5.73. The molecular weight excluding hydrogens is 329 g/mol. The van der Waals surface area contributed by atoms with E-state index >= 15 is 0 Å². The Kier molecular flexibility index (Phi) is 4.62. The van der Waals surface area contributed by atoms with Crippen molar-refractivity contribution in [2.45, 2.75) is 31.8 Å². The summed E-state index contributed by atoms with van der Waals surface area (Å²) >= 11 is 1.43. The van der Waals surface area contributed by atoms with Gasteiger partial charge in [-0.05, 0) is 42.9 Å². The minimum absolute atomic E-state index is 0.153. The number of aliphatic imine (C=N–C) groups is 1. The molecule has 0 N–H and O–H groups in total. The molecule has 1 aliphatic carbocycles. The maximum atomic E-state index is 14.1. The van der Waals surface area contributed by atoms with E-state index in [0.29, 0.717) is 18.4 Å². The van der Waals surface area contributed by atoms with Crippen LogP contribution >= 0.6 is 11.3 Å². The van der Waals surface area contributed by atoms with Gasteiger partial charge in [0.15, 0.2) is 0 Å². The number of rotatable bonds is 4. The number of carbonyl (C=O) groups excluding carboxylic acids is 1. The number of hydrogen-bond donors (Lipinski definition) is 0. The fourth-order valence-electron chi connectivity index (χ4n) is 2.98. The lowest BCUT2D eigenvalue weighted by Gasteiger charge is -2.36. The summed E-state index contributed by atoms with van der Waals surface area (Å²) < 4.78 is 20.4. The summed E-state index contributed by atoms with van der Waals surface area (Å²) in [4.78, 5) is 21.3.